The average Bonchev–Trinajstić information content (AvgIpc) is 3.15. The Kier molecular flexibility index (Phi) is 6.36. The number of nitrogens with one attached hydrogen (secondary N) is 1. The molecule has 0 aliphatic heterocycles. The fourth-order valence-electron chi connectivity index (χ4n) is 2.98. The van der Waals surface area contributed by atoms with Crippen LogP contribution in [0.5, 0.6) is 11.5 Å². The molecule has 0 aliphatic carbocycles. The molecular formula is C22H23N3O5. The molecule has 1 amide bonds. The number of methoxy groups -OCH3 is 2. The fraction of sp³-hybridized carbons (Fsp3) is 0.227. The number of ether oxygens (including phenoxy) is 3. The van der Waals surface area contributed by atoms with Crippen molar-refractivity contribution in [3.8, 4) is 17.2 Å². The normalized spacial score (nSPS) is 10.4. The van der Waals surface area contributed by atoms with E-state index in [2.05, 4.69) is 10.4 Å². The summed E-state index contributed by atoms with van der Waals surface area (Å²) in [6, 6.07) is 12.1. The van der Waals surface area contributed by atoms with E-state index in [-0.39, 0.29) is 5.91 Å². The molecule has 3 rings (SSSR count). The smallest absolute Gasteiger partial charge is 0.341 e. The van der Waals surface area contributed by atoms with E-state index < -0.39 is 5.97 Å². The fourth-order valence-corrected chi connectivity index (χ4v) is 2.98. The van der Waals surface area contributed by atoms with E-state index in [1.807, 2.05) is 6.07 Å². The van der Waals surface area contributed by atoms with Crippen molar-refractivity contribution in [2.45, 2.75) is 13.8 Å². The SMILES string of the molecule is CCOC(=O)c1cnn(-c2cccc(NC(=O)c3ccc(OC)cc3OC)c2)c1C. The number of amides is 1. The number of benzene rings is 2. The van der Waals surface area contributed by atoms with Gasteiger partial charge in [-0.15, -0.1) is 0 Å². The van der Waals surface area contributed by atoms with Gasteiger partial charge < -0.3 is 19.5 Å². The van der Waals surface area contributed by atoms with Crippen molar-refractivity contribution >= 4 is 17.6 Å². The molecule has 0 radical (unpaired) electrons. The van der Waals surface area contributed by atoms with Gasteiger partial charge >= 0.3 is 5.97 Å². The molecule has 0 saturated carbocycles. The molecule has 2 aromatic carbocycles. The monoisotopic (exact) mass is 409 g/mol. The molecule has 0 aliphatic rings. The van der Waals surface area contributed by atoms with Gasteiger partial charge in [-0.25, -0.2) is 9.48 Å². The van der Waals surface area contributed by atoms with Crippen molar-refractivity contribution in [1.82, 2.24) is 9.78 Å². The standard InChI is InChI=1S/C22H23N3O5/c1-5-30-22(27)19-13-23-25(14(19)2)16-8-6-7-15(11-16)24-21(26)18-10-9-17(28-3)12-20(18)29-4/h6-13H,5H2,1-4H3,(H,24,26). The average molecular weight is 409 g/mol. The van der Waals surface area contributed by atoms with Crippen molar-refractivity contribution in [3.63, 3.8) is 0 Å². The second-order valence-corrected chi connectivity index (χ2v) is 6.35. The predicted octanol–water partition coefficient (Wildman–Crippen LogP) is 3.63. The number of hydrogen-bond acceptors (Lipinski definition) is 6. The molecule has 156 valence electrons. The first-order chi connectivity index (χ1) is 14.5. The highest BCUT2D eigenvalue weighted by Crippen LogP contribution is 2.26. The molecule has 1 N–H and O–H groups in total. The Hall–Kier alpha value is -3.81. The van der Waals surface area contributed by atoms with Crippen LogP contribution in [-0.2, 0) is 4.74 Å². The maximum Gasteiger partial charge on any atom is 0.341 e. The summed E-state index contributed by atoms with van der Waals surface area (Å²) < 4.78 is 17.1. The van der Waals surface area contributed by atoms with Crippen LogP contribution in [0.15, 0.2) is 48.7 Å². The zero-order valence-corrected chi connectivity index (χ0v) is 17.3. The summed E-state index contributed by atoms with van der Waals surface area (Å²) >= 11 is 0. The van der Waals surface area contributed by atoms with E-state index in [9.17, 15) is 9.59 Å². The van der Waals surface area contributed by atoms with Gasteiger partial charge in [-0.1, -0.05) is 6.07 Å². The number of nitrogens with zero attached hydrogens (tertiary/aromatic N) is 2. The van der Waals surface area contributed by atoms with Gasteiger partial charge in [0.1, 0.15) is 17.1 Å². The lowest BCUT2D eigenvalue weighted by molar-refractivity contribution is 0.0525. The van der Waals surface area contributed by atoms with Gasteiger partial charge in [-0.3, -0.25) is 4.79 Å². The molecule has 0 saturated heterocycles. The summed E-state index contributed by atoms with van der Waals surface area (Å²) in [5, 5.41) is 7.14. The van der Waals surface area contributed by atoms with Gasteiger partial charge in [0.25, 0.3) is 5.91 Å². The van der Waals surface area contributed by atoms with E-state index in [0.29, 0.717) is 46.3 Å². The number of aromatic nitrogens is 2. The lowest BCUT2D eigenvalue weighted by Gasteiger charge is -2.12. The molecule has 0 bridgehead atoms. The summed E-state index contributed by atoms with van der Waals surface area (Å²) in [4.78, 5) is 24.8. The number of carbonyl (C=O) groups is 2. The second kappa shape index (κ2) is 9.13. The summed E-state index contributed by atoms with van der Waals surface area (Å²) in [5.41, 5.74) is 2.69. The number of carbonyl (C=O) groups excluding carboxylic acids is 2. The highest BCUT2D eigenvalue weighted by atomic mass is 16.5. The lowest BCUT2D eigenvalue weighted by atomic mass is 10.1. The number of anilines is 1. The molecular weight excluding hydrogens is 386 g/mol. The van der Waals surface area contributed by atoms with Gasteiger partial charge in [-0.05, 0) is 44.2 Å². The maximum atomic E-state index is 12.8. The maximum absolute atomic E-state index is 12.8. The molecule has 8 heteroatoms. The predicted molar refractivity (Wildman–Crippen MR) is 112 cm³/mol. The Labute approximate surface area is 174 Å². The van der Waals surface area contributed by atoms with E-state index in [4.69, 9.17) is 14.2 Å². The molecule has 0 unspecified atom stereocenters. The summed E-state index contributed by atoms with van der Waals surface area (Å²) in [6.07, 6.45) is 1.47. The van der Waals surface area contributed by atoms with Crippen LogP contribution < -0.4 is 14.8 Å². The molecule has 0 fully saturated rings. The van der Waals surface area contributed by atoms with Gasteiger partial charge in [0, 0.05) is 11.8 Å². The van der Waals surface area contributed by atoms with Crippen LogP contribution in [0.2, 0.25) is 0 Å². The van der Waals surface area contributed by atoms with Crippen LogP contribution >= 0.6 is 0 Å². The van der Waals surface area contributed by atoms with Crippen LogP contribution in [0.1, 0.15) is 33.3 Å². The topological polar surface area (TPSA) is 91.7 Å². The van der Waals surface area contributed by atoms with Crippen molar-refractivity contribution in [1.29, 1.82) is 0 Å². The Balaban J connectivity index is 1.85. The molecule has 30 heavy (non-hydrogen) atoms. The number of rotatable bonds is 7. The molecule has 8 nitrogen and oxygen atoms in total. The van der Waals surface area contributed by atoms with Gasteiger partial charge in [0.15, 0.2) is 0 Å². The highest BCUT2D eigenvalue weighted by Gasteiger charge is 2.17. The van der Waals surface area contributed by atoms with Crippen LogP contribution in [-0.4, -0.2) is 42.5 Å². The van der Waals surface area contributed by atoms with Crippen LogP contribution in [0.25, 0.3) is 5.69 Å². The van der Waals surface area contributed by atoms with Crippen LogP contribution in [0.3, 0.4) is 0 Å². The zero-order valence-electron chi connectivity index (χ0n) is 17.3. The van der Waals surface area contributed by atoms with Gasteiger partial charge in [0.05, 0.1) is 44.0 Å². The van der Waals surface area contributed by atoms with Crippen molar-refractivity contribution in [2.24, 2.45) is 0 Å². The summed E-state index contributed by atoms with van der Waals surface area (Å²) in [7, 11) is 3.04. The van der Waals surface area contributed by atoms with E-state index in [0.717, 1.165) is 0 Å². The second-order valence-electron chi connectivity index (χ2n) is 6.35. The molecule has 1 aromatic heterocycles. The molecule has 0 atom stereocenters. The molecule has 0 spiro atoms. The summed E-state index contributed by atoms with van der Waals surface area (Å²) in [5.74, 6) is 0.260. The highest BCUT2D eigenvalue weighted by molar-refractivity contribution is 6.06. The third-order valence-corrected chi connectivity index (χ3v) is 4.51. The zero-order chi connectivity index (χ0) is 21.7. The molecule has 3 aromatic rings. The van der Waals surface area contributed by atoms with Crippen molar-refractivity contribution in [2.75, 3.05) is 26.1 Å². The Morgan fingerprint density at radius 1 is 1.07 bits per heavy atom. The minimum Gasteiger partial charge on any atom is -0.497 e. The van der Waals surface area contributed by atoms with Crippen LogP contribution in [0.4, 0.5) is 5.69 Å². The third-order valence-electron chi connectivity index (χ3n) is 4.51. The van der Waals surface area contributed by atoms with E-state index >= 15 is 0 Å². The first-order valence-electron chi connectivity index (χ1n) is 9.34. The Bertz CT molecular complexity index is 1070. The first kappa shape index (κ1) is 20.9. The number of esters is 1. The van der Waals surface area contributed by atoms with E-state index in [1.165, 1.54) is 13.3 Å². The minimum atomic E-state index is -0.419. The third kappa shape index (κ3) is 4.27. The van der Waals surface area contributed by atoms with Crippen LogP contribution in [0, 0.1) is 6.92 Å². The largest absolute Gasteiger partial charge is 0.497 e. The Morgan fingerprint density at radius 2 is 1.87 bits per heavy atom. The summed E-state index contributed by atoms with van der Waals surface area (Å²) in [6.45, 7) is 3.83. The quantitative estimate of drug-likeness (QED) is 0.599. The van der Waals surface area contributed by atoms with Crippen molar-refractivity contribution in [3.05, 3.63) is 65.5 Å². The Morgan fingerprint density at radius 3 is 2.57 bits per heavy atom. The van der Waals surface area contributed by atoms with Crippen molar-refractivity contribution < 1.29 is 23.8 Å². The lowest BCUT2D eigenvalue weighted by Crippen LogP contribution is -2.13. The minimum absolute atomic E-state index is 0.291. The van der Waals surface area contributed by atoms with E-state index in [1.54, 1.807) is 62.0 Å². The molecule has 1 heterocycles. The van der Waals surface area contributed by atoms with Gasteiger partial charge in [0.2, 0.25) is 0 Å². The number of hydrogen-bond donors (Lipinski definition) is 1. The van der Waals surface area contributed by atoms with Gasteiger partial charge in [-0.2, -0.15) is 5.10 Å². The first-order valence-corrected chi connectivity index (χ1v) is 9.34.